The summed E-state index contributed by atoms with van der Waals surface area (Å²) in [6.45, 7) is 5.04. The maximum Gasteiger partial charge on any atom is 0.275 e. The van der Waals surface area contributed by atoms with E-state index in [4.69, 9.17) is 0 Å². The van der Waals surface area contributed by atoms with Gasteiger partial charge in [-0.1, -0.05) is 29.8 Å². The minimum Gasteiger partial charge on any atom is -0.369 e. The first kappa shape index (κ1) is 15.4. The monoisotopic (exact) mass is 348 g/mol. The summed E-state index contributed by atoms with van der Waals surface area (Å²) in [5, 5.41) is 5.93. The van der Waals surface area contributed by atoms with E-state index < -0.39 is 0 Å². The van der Waals surface area contributed by atoms with Crippen molar-refractivity contribution in [3.8, 4) is 0 Å². The number of nitrogens with zero attached hydrogens (tertiary/aromatic N) is 2. The first-order chi connectivity index (χ1) is 10.0. The highest BCUT2D eigenvalue weighted by Crippen LogP contribution is 2.14. The lowest BCUT2D eigenvalue weighted by Gasteiger charge is -2.08. The molecule has 5 nitrogen and oxygen atoms in total. The average molecular weight is 349 g/mol. The molecule has 0 fully saturated rings. The van der Waals surface area contributed by atoms with E-state index in [1.165, 1.54) is 6.20 Å². The van der Waals surface area contributed by atoms with Crippen molar-refractivity contribution in [2.24, 2.45) is 5.92 Å². The smallest absolute Gasteiger partial charge is 0.275 e. The van der Waals surface area contributed by atoms with Gasteiger partial charge in [0.2, 0.25) is 0 Å². The summed E-state index contributed by atoms with van der Waals surface area (Å²) in [4.78, 5) is 20.3. The van der Waals surface area contributed by atoms with E-state index in [2.05, 4.69) is 50.4 Å². The number of carbonyl (C=O) groups is 1. The molecule has 0 aliphatic rings. The standard InChI is InChI=1S/C15H17BrN4O/c1-10(2)7-18-14-9-17-13(8-19-14)15(21)20-12-5-3-11(16)4-6-12/h3-6,8-10H,7H2,1-2H3,(H,18,19)(H,20,21). The highest BCUT2D eigenvalue weighted by atomic mass is 79.9. The SMILES string of the molecule is CC(C)CNc1cnc(C(=O)Nc2ccc(Br)cc2)cn1. The molecule has 0 atom stereocenters. The summed E-state index contributed by atoms with van der Waals surface area (Å²) in [6.07, 6.45) is 3.04. The summed E-state index contributed by atoms with van der Waals surface area (Å²) < 4.78 is 0.959. The summed E-state index contributed by atoms with van der Waals surface area (Å²) in [7, 11) is 0. The predicted octanol–water partition coefficient (Wildman–Crippen LogP) is 3.56. The molecular weight excluding hydrogens is 332 g/mol. The molecule has 2 rings (SSSR count). The molecule has 1 aromatic carbocycles. The quantitative estimate of drug-likeness (QED) is 0.866. The molecule has 0 aliphatic heterocycles. The average Bonchev–Trinajstić information content (AvgIpc) is 2.48. The molecule has 0 aliphatic carbocycles. The molecule has 6 heteroatoms. The van der Waals surface area contributed by atoms with Crippen molar-refractivity contribution in [1.82, 2.24) is 9.97 Å². The van der Waals surface area contributed by atoms with Gasteiger partial charge in [0.1, 0.15) is 11.5 Å². The molecule has 1 amide bonds. The van der Waals surface area contributed by atoms with Gasteiger partial charge in [0.15, 0.2) is 0 Å². The molecule has 1 aromatic heterocycles. The van der Waals surface area contributed by atoms with Gasteiger partial charge >= 0.3 is 0 Å². The van der Waals surface area contributed by atoms with Gasteiger partial charge in [-0.2, -0.15) is 0 Å². The van der Waals surface area contributed by atoms with Gasteiger partial charge in [-0.05, 0) is 30.2 Å². The second-order valence-corrected chi connectivity index (χ2v) is 5.94. The van der Waals surface area contributed by atoms with Crippen LogP contribution in [-0.4, -0.2) is 22.4 Å². The minimum absolute atomic E-state index is 0.278. The third-order valence-electron chi connectivity index (χ3n) is 2.68. The van der Waals surface area contributed by atoms with E-state index >= 15 is 0 Å². The summed E-state index contributed by atoms with van der Waals surface area (Å²) >= 11 is 3.35. The van der Waals surface area contributed by atoms with Gasteiger partial charge in [0.05, 0.1) is 12.4 Å². The van der Waals surface area contributed by atoms with E-state index in [1.807, 2.05) is 24.3 Å². The third kappa shape index (κ3) is 4.82. The Morgan fingerprint density at radius 2 is 1.90 bits per heavy atom. The van der Waals surface area contributed by atoms with Gasteiger partial charge in [-0.3, -0.25) is 4.79 Å². The van der Waals surface area contributed by atoms with Gasteiger partial charge < -0.3 is 10.6 Å². The fourth-order valence-corrected chi connectivity index (χ4v) is 1.84. The minimum atomic E-state index is -0.278. The van der Waals surface area contributed by atoms with Crippen LogP contribution in [-0.2, 0) is 0 Å². The van der Waals surface area contributed by atoms with Gasteiger partial charge in [0, 0.05) is 16.7 Å². The number of amides is 1. The molecule has 0 unspecified atom stereocenters. The van der Waals surface area contributed by atoms with Crippen molar-refractivity contribution in [2.45, 2.75) is 13.8 Å². The molecule has 0 bridgehead atoms. The van der Waals surface area contributed by atoms with Crippen LogP contribution in [0.5, 0.6) is 0 Å². The number of aromatic nitrogens is 2. The van der Waals surface area contributed by atoms with Crippen molar-refractivity contribution in [3.63, 3.8) is 0 Å². The van der Waals surface area contributed by atoms with Gasteiger partial charge in [-0.15, -0.1) is 0 Å². The van der Waals surface area contributed by atoms with Crippen molar-refractivity contribution < 1.29 is 4.79 Å². The molecule has 0 radical (unpaired) electrons. The number of hydrogen-bond donors (Lipinski definition) is 2. The summed E-state index contributed by atoms with van der Waals surface area (Å²) in [5.74, 6) is 0.913. The molecule has 110 valence electrons. The molecule has 0 saturated heterocycles. The maximum atomic E-state index is 12.0. The van der Waals surface area contributed by atoms with Crippen molar-refractivity contribution in [2.75, 3.05) is 17.2 Å². The number of benzene rings is 1. The fourth-order valence-electron chi connectivity index (χ4n) is 1.57. The number of nitrogens with one attached hydrogen (secondary N) is 2. The van der Waals surface area contributed by atoms with Crippen LogP contribution < -0.4 is 10.6 Å². The third-order valence-corrected chi connectivity index (χ3v) is 3.21. The second kappa shape index (κ2) is 7.17. The van der Waals surface area contributed by atoms with Crippen LogP contribution in [0.4, 0.5) is 11.5 Å². The molecule has 0 spiro atoms. The lowest BCUT2D eigenvalue weighted by Crippen LogP contribution is -2.15. The van der Waals surface area contributed by atoms with E-state index in [0.29, 0.717) is 17.4 Å². The van der Waals surface area contributed by atoms with Crippen LogP contribution in [0.25, 0.3) is 0 Å². The van der Waals surface area contributed by atoms with Gasteiger partial charge in [-0.25, -0.2) is 9.97 Å². The molecular formula is C15H17BrN4O. The number of carbonyl (C=O) groups excluding carboxylic acids is 1. The fraction of sp³-hybridized carbons (Fsp3) is 0.267. The topological polar surface area (TPSA) is 66.9 Å². The van der Waals surface area contributed by atoms with E-state index in [9.17, 15) is 4.79 Å². The molecule has 21 heavy (non-hydrogen) atoms. The van der Waals surface area contributed by atoms with Crippen molar-refractivity contribution in [1.29, 1.82) is 0 Å². The van der Waals surface area contributed by atoms with Crippen molar-refractivity contribution in [3.05, 3.63) is 46.8 Å². The molecule has 2 N–H and O–H groups in total. The zero-order valence-electron chi connectivity index (χ0n) is 11.9. The van der Waals surface area contributed by atoms with Crippen LogP contribution in [0.15, 0.2) is 41.1 Å². The highest BCUT2D eigenvalue weighted by Gasteiger charge is 2.08. The number of anilines is 2. The zero-order chi connectivity index (χ0) is 15.2. The Morgan fingerprint density at radius 3 is 2.48 bits per heavy atom. The number of hydrogen-bond acceptors (Lipinski definition) is 4. The first-order valence-electron chi connectivity index (χ1n) is 6.67. The number of halogens is 1. The van der Waals surface area contributed by atoms with Crippen LogP contribution in [0.3, 0.4) is 0 Å². The predicted molar refractivity (Wildman–Crippen MR) is 87.5 cm³/mol. The van der Waals surface area contributed by atoms with E-state index in [-0.39, 0.29) is 11.6 Å². The Balaban J connectivity index is 1.97. The maximum absolute atomic E-state index is 12.0. The number of rotatable bonds is 5. The molecule has 1 heterocycles. The Morgan fingerprint density at radius 1 is 1.19 bits per heavy atom. The van der Waals surface area contributed by atoms with Crippen LogP contribution >= 0.6 is 15.9 Å². The molecule has 2 aromatic rings. The largest absolute Gasteiger partial charge is 0.369 e. The Bertz CT molecular complexity index is 596. The second-order valence-electron chi connectivity index (χ2n) is 5.02. The molecule has 0 saturated carbocycles. The van der Waals surface area contributed by atoms with Crippen molar-refractivity contribution >= 4 is 33.3 Å². The Labute approximate surface area is 132 Å². The van der Waals surface area contributed by atoms with Gasteiger partial charge in [0.25, 0.3) is 5.91 Å². The Hall–Kier alpha value is -1.95. The van der Waals surface area contributed by atoms with Crippen LogP contribution in [0.1, 0.15) is 24.3 Å². The normalized spacial score (nSPS) is 10.5. The summed E-state index contributed by atoms with van der Waals surface area (Å²) in [5.41, 5.74) is 1.00. The van der Waals surface area contributed by atoms with E-state index in [1.54, 1.807) is 6.20 Å². The highest BCUT2D eigenvalue weighted by molar-refractivity contribution is 9.10. The Kier molecular flexibility index (Phi) is 5.27. The van der Waals surface area contributed by atoms with Crippen LogP contribution in [0.2, 0.25) is 0 Å². The lowest BCUT2D eigenvalue weighted by atomic mass is 10.2. The lowest BCUT2D eigenvalue weighted by molar-refractivity contribution is 0.102. The van der Waals surface area contributed by atoms with E-state index in [0.717, 1.165) is 11.0 Å². The summed E-state index contributed by atoms with van der Waals surface area (Å²) in [6, 6.07) is 7.35. The first-order valence-corrected chi connectivity index (χ1v) is 7.46. The van der Waals surface area contributed by atoms with Crippen LogP contribution in [0, 0.1) is 5.92 Å². The zero-order valence-corrected chi connectivity index (χ0v) is 13.5.